The van der Waals surface area contributed by atoms with Crippen molar-refractivity contribution in [1.82, 2.24) is 5.32 Å². The minimum absolute atomic E-state index is 0.310. The second-order valence-corrected chi connectivity index (χ2v) is 4.72. The van der Waals surface area contributed by atoms with Gasteiger partial charge in [0.1, 0.15) is 22.3 Å². The average Bonchev–Trinajstić information content (AvgIpc) is 2.38. The van der Waals surface area contributed by atoms with Crippen LogP contribution in [0, 0.1) is 5.82 Å². The number of halogens is 3. The lowest BCUT2D eigenvalue weighted by molar-refractivity contribution is 0.472. The maximum absolute atomic E-state index is 13.2. The quantitative estimate of drug-likeness (QED) is 0.888. The highest BCUT2D eigenvalue weighted by Crippen LogP contribution is 2.35. The van der Waals surface area contributed by atoms with Crippen molar-refractivity contribution in [3.63, 3.8) is 0 Å². The molecule has 1 N–H and O–H groups in total. The van der Waals surface area contributed by atoms with Gasteiger partial charge in [-0.15, -0.1) is 0 Å². The first-order chi connectivity index (χ1) is 9.11. The molecule has 2 aromatic carbocycles. The van der Waals surface area contributed by atoms with Crippen LogP contribution < -0.4 is 10.1 Å². The second-order valence-electron chi connectivity index (χ2n) is 3.94. The monoisotopic (exact) mass is 299 g/mol. The third kappa shape index (κ3) is 3.38. The fourth-order valence-corrected chi connectivity index (χ4v) is 1.99. The molecule has 5 heteroatoms. The van der Waals surface area contributed by atoms with E-state index in [0.29, 0.717) is 33.7 Å². The van der Waals surface area contributed by atoms with Crippen LogP contribution in [-0.2, 0) is 6.54 Å². The summed E-state index contributed by atoms with van der Waals surface area (Å²) in [6.45, 7) is 0.491. The van der Waals surface area contributed by atoms with E-state index in [1.54, 1.807) is 31.3 Å². The van der Waals surface area contributed by atoms with Crippen molar-refractivity contribution in [3.8, 4) is 11.5 Å². The Morgan fingerprint density at radius 1 is 1.16 bits per heavy atom. The number of hydrogen-bond acceptors (Lipinski definition) is 2. The molecule has 0 fully saturated rings. The molecule has 0 saturated heterocycles. The number of ether oxygens (including phenoxy) is 1. The van der Waals surface area contributed by atoms with Crippen molar-refractivity contribution >= 4 is 23.2 Å². The van der Waals surface area contributed by atoms with Gasteiger partial charge in [-0.3, -0.25) is 0 Å². The van der Waals surface area contributed by atoms with Gasteiger partial charge < -0.3 is 10.1 Å². The molecule has 2 rings (SSSR count). The number of benzene rings is 2. The summed E-state index contributed by atoms with van der Waals surface area (Å²) in [5.41, 5.74) is 0.707. The Kier molecular flexibility index (Phi) is 4.64. The third-order valence-electron chi connectivity index (χ3n) is 2.53. The van der Waals surface area contributed by atoms with E-state index in [1.165, 1.54) is 12.1 Å². The van der Waals surface area contributed by atoms with Gasteiger partial charge in [-0.1, -0.05) is 29.3 Å². The molecule has 0 bridgehead atoms. The fraction of sp³-hybridized carbons (Fsp3) is 0.143. The van der Waals surface area contributed by atoms with Gasteiger partial charge in [-0.05, 0) is 37.4 Å². The van der Waals surface area contributed by atoms with Crippen molar-refractivity contribution in [2.24, 2.45) is 0 Å². The second kappa shape index (κ2) is 6.24. The molecule has 2 aromatic rings. The summed E-state index contributed by atoms with van der Waals surface area (Å²) >= 11 is 12.0. The Hall–Kier alpha value is -1.29. The van der Waals surface area contributed by atoms with Crippen LogP contribution in [0.25, 0.3) is 0 Å². The summed E-state index contributed by atoms with van der Waals surface area (Å²) in [7, 11) is 1.78. The van der Waals surface area contributed by atoms with E-state index in [2.05, 4.69) is 5.32 Å². The van der Waals surface area contributed by atoms with Crippen LogP contribution in [0.4, 0.5) is 4.39 Å². The molecule has 0 saturated carbocycles. The summed E-state index contributed by atoms with van der Waals surface area (Å²) in [4.78, 5) is 0. The zero-order valence-electron chi connectivity index (χ0n) is 10.2. The molecule has 0 aliphatic rings. The molecule has 0 aromatic heterocycles. The van der Waals surface area contributed by atoms with Gasteiger partial charge in [0.05, 0.1) is 5.02 Å². The van der Waals surface area contributed by atoms with Gasteiger partial charge in [0.25, 0.3) is 0 Å². The Morgan fingerprint density at radius 3 is 2.68 bits per heavy atom. The van der Waals surface area contributed by atoms with Crippen LogP contribution in [0.3, 0.4) is 0 Å². The maximum atomic E-state index is 13.2. The van der Waals surface area contributed by atoms with Gasteiger partial charge >= 0.3 is 0 Å². The molecule has 0 aliphatic carbocycles. The average molecular weight is 300 g/mol. The van der Waals surface area contributed by atoms with E-state index in [-0.39, 0.29) is 5.82 Å². The number of hydrogen-bond donors (Lipinski definition) is 1. The Morgan fingerprint density at radius 2 is 1.95 bits per heavy atom. The Balaban J connectivity index is 2.35. The van der Waals surface area contributed by atoms with Crippen molar-refractivity contribution in [2.75, 3.05) is 7.05 Å². The zero-order valence-corrected chi connectivity index (χ0v) is 11.7. The van der Waals surface area contributed by atoms with E-state index >= 15 is 0 Å². The standard InChI is InChI=1S/C14H12Cl2FNO/c1-18-8-9-7-10(17)5-6-12(9)19-13-4-2-3-11(15)14(13)16/h2-7,18H,8H2,1H3. The third-order valence-corrected chi connectivity index (χ3v) is 3.33. The zero-order chi connectivity index (χ0) is 13.8. The molecule has 0 radical (unpaired) electrons. The molecule has 0 spiro atoms. The SMILES string of the molecule is CNCc1cc(F)ccc1Oc1cccc(Cl)c1Cl. The minimum Gasteiger partial charge on any atom is -0.455 e. The van der Waals surface area contributed by atoms with Crippen LogP contribution in [0.1, 0.15) is 5.56 Å². The lowest BCUT2D eigenvalue weighted by Crippen LogP contribution is -2.06. The predicted molar refractivity (Wildman–Crippen MR) is 75.7 cm³/mol. The van der Waals surface area contributed by atoms with E-state index in [0.717, 1.165) is 0 Å². The smallest absolute Gasteiger partial charge is 0.147 e. The summed E-state index contributed by atoms with van der Waals surface area (Å²) in [5.74, 6) is 0.674. The van der Waals surface area contributed by atoms with Crippen LogP contribution in [0.2, 0.25) is 10.0 Å². The molecule has 100 valence electrons. The van der Waals surface area contributed by atoms with Gasteiger partial charge in [0.15, 0.2) is 0 Å². The van der Waals surface area contributed by atoms with Crippen molar-refractivity contribution < 1.29 is 9.13 Å². The number of rotatable bonds is 4. The maximum Gasteiger partial charge on any atom is 0.147 e. The topological polar surface area (TPSA) is 21.3 Å². The van der Waals surface area contributed by atoms with E-state index in [4.69, 9.17) is 27.9 Å². The van der Waals surface area contributed by atoms with Crippen molar-refractivity contribution in [3.05, 3.63) is 57.8 Å². The summed E-state index contributed by atoms with van der Waals surface area (Å²) in [6, 6.07) is 9.46. The van der Waals surface area contributed by atoms with Gasteiger partial charge in [-0.2, -0.15) is 0 Å². The van der Waals surface area contributed by atoms with E-state index in [1.807, 2.05) is 0 Å². The van der Waals surface area contributed by atoms with Gasteiger partial charge in [0, 0.05) is 12.1 Å². The summed E-state index contributed by atoms with van der Waals surface area (Å²) in [5, 5.41) is 3.71. The molecular formula is C14H12Cl2FNO. The van der Waals surface area contributed by atoms with Gasteiger partial charge in [-0.25, -0.2) is 4.39 Å². The first-order valence-electron chi connectivity index (χ1n) is 5.66. The lowest BCUT2D eigenvalue weighted by Gasteiger charge is -2.12. The molecule has 0 unspecified atom stereocenters. The van der Waals surface area contributed by atoms with Crippen LogP contribution in [0.5, 0.6) is 11.5 Å². The first kappa shape index (κ1) is 14.1. The summed E-state index contributed by atoms with van der Waals surface area (Å²) < 4.78 is 18.9. The largest absolute Gasteiger partial charge is 0.455 e. The van der Waals surface area contributed by atoms with Crippen LogP contribution in [-0.4, -0.2) is 7.05 Å². The molecule has 2 nitrogen and oxygen atoms in total. The van der Waals surface area contributed by atoms with Crippen molar-refractivity contribution in [1.29, 1.82) is 0 Å². The fourth-order valence-electron chi connectivity index (χ4n) is 1.66. The molecule has 0 heterocycles. The summed E-state index contributed by atoms with van der Waals surface area (Å²) in [6.07, 6.45) is 0. The van der Waals surface area contributed by atoms with Crippen molar-refractivity contribution in [2.45, 2.75) is 6.54 Å². The first-order valence-corrected chi connectivity index (χ1v) is 6.42. The van der Waals surface area contributed by atoms with E-state index in [9.17, 15) is 4.39 Å². The minimum atomic E-state index is -0.310. The molecule has 19 heavy (non-hydrogen) atoms. The van der Waals surface area contributed by atoms with Crippen LogP contribution in [0.15, 0.2) is 36.4 Å². The van der Waals surface area contributed by atoms with Crippen LogP contribution >= 0.6 is 23.2 Å². The lowest BCUT2D eigenvalue weighted by atomic mass is 10.2. The normalized spacial score (nSPS) is 10.5. The van der Waals surface area contributed by atoms with Gasteiger partial charge in [0.2, 0.25) is 0 Å². The Labute approximate surface area is 121 Å². The Bertz CT molecular complexity index is 590. The number of nitrogens with one attached hydrogen (secondary N) is 1. The molecule has 0 atom stereocenters. The predicted octanol–water partition coefficient (Wildman–Crippen LogP) is 4.64. The molecule has 0 aliphatic heterocycles. The highest BCUT2D eigenvalue weighted by molar-refractivity contribution is 6.42. The highest BCUT2D eigenvalue weighted by atomic mass is 35.5. The molecular weight excluding hydrogens is 288 g/mol. The highest BCUT2D eigenvalue weighted by Gasteiger charge is 2.10. The van der Waals surface area contributed by atoms with E-state index < -0.39 is 0 Å². The molecule has 0 amide bonds.